The molecule has 2 saturated heterocycles. The molecular weight excluding hydrogens is 384 g/mol. The molecule has 1 aromatic carbocycles. The average Bonchev–Trinajstić information content (AvgIpc) is 2.81. The van der Waals surface area contributed by atoms with Crippen LogP contribution >= 0.6 is 0 Å². The maximum absolute atomic E-state index is 4.71. The number of hydrogen-bond donors (Lipinski definition) is 1. The lowest BCUT2D eigenvalue weighted by Gasteiger charge is -2.39. The van der Waals surface area contributed by atoms with E-state index in [-0.39, 0.29) is 0 Å². The molecule has 31 heavy (non-hydrogen) atoms. The Balaban J connectivity index is 1.38. The Labute approximate surface area is 187 Å². The molecule has 6 nitrogen and oxygen atoms in total. The highest BCUT2D eigenvalue weighted by Crippen LogP contribution is 2.32. The van der Waals surface area contributed by atoms with Crippen molar-refractivity contribution in [1.29, 1.82) is 0 Å². The third kappa shape index (κ3) is 5.18. The third-order valence-electron chi connectivity index (χ3n) is 6.75. The lowest BCUT2D eigenvalue weighted by atomic mass is 9.82. The number of piperidine rings is 1. The number of likely N-dealkylation sites (tertiary alicyclic amines) is 1. The number of rotatable bonds is 4. The van der Waals surface area contributed by atoms with Gasteiger partial charge >= 0.3 is 0 Å². The number of guanidine groups is 1. The predicted octanol–water partition coefficient (Wildman–Crippen LogP) is 3.03. The highest BCUT2D eigenvalue weighted by molar-refractivity contribution is 5.80. The molecule has 0 saturated carbocycles. The number of aromatic nitrogens is 1. The number of likely N-dealkylation sites (N-methyl/N-ethyl adjacent to an activating group) is 1. The minimum Gasteiger partial charge on any atom is -0.354 e. The molecule has 0 amide bonds. The zero-order valence-electron chi connectivity index (χ0n) is 19.2. The summed E-state index contributed by atoms with van der Waals surface area (Å²) in [4.78, 5) is 16.5. The smallest absolute Gasteiger partial charge is 0.193 e. The number of benzene rings is 1. The van der Waals surface area contributed by atoms with Crippen LogP contribution in [0.5, 0.6) is 0 Å². The number of aliphatic imine (C=N–C) groups is 1. The summed E-state index contributed by atoms with van der Waals surface area (Å²) in [6.45, 7) is 9.39. The Morgan fingerprint density at radius 1 is 1.06 bits per heavy atom. The molecule has 0 aliphatic carbocycles. The van der Waals surface area contributed by atoms with Crippen LogP contribution in [0.4, 0.5) is 5.82 Å². The number of nitrogens with one attached hydrogen (secondary N) is 1. The molecule has 0 radical (unpaired) electrons. The van der Waals surface area contributed by atoms with Crippen LogP contribution in [0.1, 0.15) is 30.4 Å². The van der Waals surface area contributed by atoms with Crippen molar-refractivity contribution < 1.29 is 0 Å². The van der Waals surface area contributed by atoms with Gasteiger partial charge in [-0.1, -0.05) is 43.3 Å². The monoisotopic (exact) mass is 420 g/mol. The summed E-state index contributed by atoms with van der Waals surface area (Å²) in [5.41, 5.74) is 2.70. The van der Waals surface area contributed by atoms with Crippen LogP contribution in [-0.4, -0.2) is 74.1 Å². The van der Waals surface area contributed by atoms with Crippen molar-refractivity contribution in [3.63, 3.8) is 0 Å². The summed E-state index contributed by atoms with van der Waals surface area (Å²) >= 11 is 0. The van der Waals surface area contributed by atoms with Gasteiger partial charge in [0.05, 0.1) is 0 Å². The molecule has 2 aliphatic rings. The minimum atomic E-state index is 0.592. The van der Waals surface area contributed by atoms with Gasteiger partial charge in [0.2, 0.25) is 0 Å². The van der Waals surface area contributed by atoms with E-state index in [9.17, 15) is 0 Å². The van der Waals surface area contributed by atoms with E-state index >= 15 is 0 Å². The highest BCUT2D eigenvalue weighted by Gasteiger charge is 2.28. The van der Waals surface area contributed by atoms with Gasteiger partial charge in [-0.15, -0.1) is 0 Å². The molecule has 166 valence electrons. The van der Waals surface area contributed by atoms with Crippen molar-refractivity contribution >= 4 is 11.8 Å². The fraction of sp³-hybridized carbons (Fsp3) is 0.520. The molecule has 0 spiro atoms. The predicted molar refractivity (Wildman–Crippen MR) is 129 cm³/mol. The van der Waals surface area contributed by atoms with Gasteiger partial charge in [-0.25, -0.2) is 4.98 Å². The number of pyridine rings is 1. The Morgan fingerprint density at radius 2 is 1.84 bits per heavy atom. The first-order valence-corrected chi connectivity index (χ1v) is 11.5. The largest absolute Gasteiger partial charge is 0.354 e. The van der Waals surface area contributed by atoms with Crippen molar-refractivity contribution in [3.8, 4) is 0 Å². The van der Waals surface area contributed by atoms with Crippen LogP contribution in [0.3, 0.4) is 0 Å². The molecule has 1 N–H and O–H groups in total. The van der Waals surface area contributed by atoms with Crippen LogP contribution in [0, 0.1) is 5.92 Å². The fourth-order valence-corrected chi connectivity index (χ4v) is 4.91. The van der Waals surface area contributed by atoms with Gasteiger partial charge in [0.15, 0.2) is 5.96 Å². The van der Waals surface area contributed by atoms with Crippen LogP contribution in [0.25, 0.3) is 0 Å². The Bertz CT molecular complexity index is 859. The van der Waals surface area contributed by atoms with Crippen LogP contribution in [0.15, 0.2) is 53.7 Å². The van der Waals surface area contributed by atoms with E-state index in [1.807, 2.05) is 19.3 Å². The topological polar surface area (TPSA) is 47.0 Å². The number of hydrogen-bond acceptors (Lipinski definition) is 4. The Morgan fingerprint density at radius 3 is 2.55 bits per heavy atom. The van der Waals surface area contributed by atoms with Crippen LogP contribution in [0.2, 0.25) is 0 Å². The Kier molecular flexibility index (Phi) is 7.07. The molecule has 2 atom stereocenters. The number of nitrogens with zero attached hydrogens (tertiary/aromatic N) is 5. The van der Waals surface area contributed by atoms with E-state index in [1.165, 1.54) is 11.1 Å². The quantitative estimate of drug-likeness (QED) is 0.609. The number of piperazine rings is 1. The minimum absolute atomic E-state index is 0.592. The summed E-state index contributed by atoms with van der Waals surface area (Å²) in [6, 6.07) is 15.2. The molecule has 0 bridgehead atoms. The molecule has 1 aromatic heterocycles. The van der Waals surface area contributed by atoms with E-state index in [0.717, 1.165) is 64.0 Å². The lowest BCUT2D eigenvalue weighted by Crippen LogP contribution is -2.48. The first-order valence-electron chi connectivity index (χ1n) is 11.5. The molecule has 2 aliphatic heterocycles. The number of anilines is 1. The Hall–Kier alpha value is -2.60. The van der Waals surface area contributed by atoms with Gasteiger partial charge in [0.1, 0.15) is 5.82 Å². The van der Waals surface area contributed by atoms with Gasteiger partial charge in [-0.05, 0) is 36.9 Å². The summed E-state index contributed by atoms with van der Waals surface area (Å²) in [5.74, 6) is 3.31. The van der Waals surface area contributed by atoms with E-state index in [4.69, 9.17) is 4.98 Å². The van der Waals surface area contributed by atoms with Gasteiger partial charge in [0, 0.05) is 64.6 Å². The normalized spacial score (nSPS) is 23.1. The van der Waals surface area contributed by atoms with E-state index in [0.29, 0.717) is 11.8 Å². The van der Waals surface area contributed by atoms with E-state index in [1.54, 1.807) is 0 Å². The zero-order chi connectivity index (χ0) is 21.6. The van der Waals surface area contributed by atoms with E-state index < -0.39 is 0 Å². The van der Waals surface area contributed by atoms with Crippen LogP contribution in [-0.2, 0) is 6.54 Å². The second kappa shape index (κ2) is 10.1. The average molecular weight is 421 g/mol. The van der Waals surface area contributed by atoms with Gasteiger partial charge in [0.25, 0.3) is 0 Å². The summed E-state index contributed by atoms with van der Waals surface area (Å²) < 4.78 is 0. The maximum Gasteiger partial charge on any atom is 0.193 e. The SMILES string of the molecule is CN=C(NCc1cccnc1N1CCN(C)CC1)N1CCC(c2ccccc2)C(C)C1. The fourth-order valence-electron chi connectivity index (χ4n) is 4.91. The van der Waals surface area contributed by atoms with Gasteiger partial charge in [-0.2, -0.15) is 0 Å². The summed E-state index contributed by atoms with van der Waals surface area (Å²) in [6.07, 6.45) is 3.06. The molecule has 6 heteroatoms. The van der Waals surface area contributed by atoms with E-state index in [2.05, 4.69) is 75.4 Å². The second-order valence-electron chi connectivity index (χ2n) is 8.91. The van der Waals surface area contributed by atoms with Crippen molar-refractivity contribution in [2.75, 3.05) is 58.3 Å². The molecule has 3 heterocycles. The summed E-state index contributed by atoms with van der Waals surface area (Å²) in [7, 11) is 4.07. The summed E-state index contributed by atoms with van der Waals surface area (Å²) in [5, 5.41) is 3.62. The third-order valence-corrected chi connectivity index (χ3v) is 6.75. The van der Waals surface area contributed by atoms with Crippen molar-refractivity contribution in [1.82, 2.24) is 20.1 Å². The highest BCUT2D eigenvalue weighted by atomic mass is 15.3. The molecular formula is C25H36N6. The van der Waals surface area contributed by atoms with Gasteiger partial charge in [-0.3, -0.25) is 4.99 Å². The first kappa shape index (κ1) is 21.6. The first-order chi connectivity index (χ1) is 15.2. The van der Waals surface area contributed by atoms with Crippen molar-refractivity contribution in [3.05, 3.63) is 59.8 Å². The van der Waals surface area contributed by atoms with Crippen molar-refractivity contribution in [2.24, 2.45) is 10.9 Å². The molecule has 4 rings (SSSR count). The van der Waals surface area contributed by atoms with Crippen molar-refractivity contribution in [2.45, 2.75) is 25.8 Å². The zero-order valence-corrected chi connectivity index (χ0v) is 19.2. The lowest BCUT2D eigenvalue weighted by molar-refractivity contribution is 0.234. The molecule has 2 fully saturated rings. The molecule has 2 aromatic rings. The second-order valence-corrected chi connectivity index (χ2v) is 8.91. The maximum atomic E-state index is 4.71. The standard InChI is InChI=1S/C25H36N6/c1-20-19-31(13-11-23(20)21-8-5-4-6-9-21)25(26-2)28-18-22-10-7-12-27-24(22)30-16-14-29(3)15-17-30/h4-10,12,20,23H,11,13-19H2,1-3H3,(H,26,28). The van der Waals surface area contributed by atoms with Crippen LogP contribution < -0.4 is 10.2 Å². The van der Waals surface area contributed by atoms with Gasteiger partial charge < -0.3 is 20.0 Å². The molecule has 2 unspecified atom stereocenters.